The maximum Gasteiger partial charge on any atom is 0.281 e. The molecule has 0 spiro atoms. The lowest BCUT2D eigenvalue weighted by Crippen LogP contribution is -2.44. The van der Waals surface area contributed by atoms with Gasteiger partial charge in [-0.1, -0.05) is 50.3 Å². The summed E-state index contributed by atoms with van der Waals surface area (Å²) in [5.41, 5.74) is 5.84. The molecule has 3 aliphatic heterocycles. The first-order valence-electron chi connectivity index (χ1n) is 20.5. The van der Waals surface area contributed by atoms with Crippen LogP contribution in [0.5, 0.6) is 11.5 Å². The van der Waals surface area contributed by atoms with Crippen LogP contribution >= 0.6 is 0 Å². The average molecular weight is 806 g/mol. The van der Waals surface area contributed by atoms with Crippen LogP contribution in [0.4, 0.5) is 17.1 Å². The highest BCUT2D eigenvalue weighted by Gasteiger charge is 2.35. The maximum atomic E-state index is 13.9. The molecule has 5 heterocycles. The molecule has 3 saturated heterocycles. The molecule has 1 unspecified atom stereocenters. The number of nitrogens with one attached hydrogen (secondary N) is 2. The third kappa shape index (κ3) is 8.64. The minimum absolute atomic E-state index is 0.0189. The molecule has 2 aromatic heterocycles. The van der Waals surface area contributed by atoms with Gasteiger partial charge in [0.15, 0.2) is 5.03 Å². The molecule has 1 aliphatic carbocycles. The van der Waals surface area contributed by atoms with Crippen LogP contribution in [0.15, 0.2) is 83.3 Å². The van der Waals surface area contributed by atoms with E-state index in [2.05, 4.69) is 73.1 Å². The van der Waals surface area contributed by atoms with E-state index in [4.69, 9.17) is 9.47 Å². The van der Waals surface area contributed by atoms with Gasteiger partial charge in [0, 0.05) is 69.2 Å². The van der Waals surface area contributed by atoms with Crippen molar-refractivity contribution in [2.45, 2.75) is 81.8 Å². The van der Waals surface area contributed by atoms with Crippen molar-refractivity contribution >= 4 is 39.1 Å². The van der Waals surface area contributed by atoms with E-state index in [-0.39, 0.29) is 17.0 Å². The van der Waals surface area contributed by atoms with Crippen molar-refractivity contribution < 1.29 is 22.7 Å². The Morgan fingerprint density at radius 1 is 0.983 bits per heavy atom. The second-order valence-electron chi connectivity index (χ2n) is 16.0. The second-order valence-corrected chi connectivity index (χ2v) is 17.6. The Labute approximate surface area is 340 Å². The van der Waals surface area contributed by atoms with Crippen molar-refractivity contribution in [3.8, 4) is 11.5 Å². The number of hydrogen-bond donors (Lipinski definition) is 2. The first-order chi connectivity index (χ1) is 28.2. The number of hydrogen-bond acceptors (Lipinski definition) is 12. The number of fused-ring (bicyclic) bond motifs is 1. The van der Waals surface area contributed by atoms with E-state index in [0.29, 0.717) is 55.1 Å². The Kier molecular flexibility index (Phi) is 11.9. The Bertz CT molecular complexity index is 2290. The van der Waals surface area contributed by atoms with Gasteiger partial charge in [0.25, 0.3) is 15.9 Å². The summed E-state index contributed by atoms with van der Waals surface area (Å²) in [5.74, 6) is 0.524. The van der Waals surface area contributed by atoms with Crippen LogP contribution in [0.25, 0.3) is 6.08 Å². The van der Waals surface area contributed by atoms with Crippen molar-refractivity contribution in [1.29, 1.82) is 0 Å². The molecule has 14 heteroatoms. The molecule has 1 atom stereocenters. The van der Waals surface area contributed by atoms with Crippen LogP contribution in [-0.2, 0) is 21.2 Å². The van der Waals surface area contributed by atoms with Gasteiger partial charge in [-0.2, -0.15) is 8.42 Å². The number of benzene rings is 2. The molecule has 4 aliphatic rings. The zero-order valence-electron chi connectivity index (χ0n) is 33.1. The molecular weight excluding hydrogens is 755 g/mol. The number of pyridine rings is 2. The van der Waals surface area contributed by atoms with Gasteiger partial charge in [0.05, 0.1) is 29.3 Å². The van der Waals surface area contributed by atoms with Gasteiger partial charge in [0.2, 0.25) is 0 Å². The molecule has 3 fully saturated rings. The highest BCUT2D eigenvalue weighted by Crippen LogP contribution is 2.40. The highest BCUT2D eigenvalue weighted by molar-refractivity contribution is 7.90. The summed E-state index contributed by atoms with van der Waals surface area (Å²) in [6, 6.07) is 17.9. The number of amides is 1. The first kappa shape index (κ1) is 39.6. The first-order valence-corrected chi connectivity index (χ1v) is 21.9. The summed E-state index contributed by atoms with van der Waals surface area (Å²) in [7, 11) is -4.51. The Morgan fingerprint density at radius 2 is 1.79 bits per heavy atom. The molecule has 1 amide bonds. The van der Waals surface area contributed by atoms with Crippen molar-refractivity contribution in [1.82, 2.24) is 19.6 Å². The minimum atomic E-state index is -4.51. The fraction of sp³-hybridized carbons (Fsp3) is 0.432. The van der Waals surface area contributed by atoms with E-state index in [1.807, 2.05) is 24.3 Å². The maximum absolute atomic E-state index is 13.9. The SMILES string of the molecule is CC(C)c1ccccc1C1CCCN1C1CCN(c2ccc(C(=O)NS(=O)(=O)c3cc(N=O)c(NCC4CCOCC4)cn3)c(Oc3cnc4c(c3)C=CC4)c2)CC1. The van der Waals surface area contributed by atoms with Gasteiger partial charge in [0.1, 0.15) is 17.2 Å². The fourth-order valence-corrected chi connectivity index (χ4v) is 9.76. The number of anilines is 2. The predicted molar refractivity (Wildman–Crippen MR) is 224 cm³/mol. The Morgan fingerprint density at radius 3 is 2.59 bits per heavy atom. The van der Waals surface area contributed by atoms with Gasteiger partial charge >= 0.3 is 0 Å². The number of ether oxygens (including phenoxy) is 2. The average Bonchev–Trinajstić information content (AvgIpc) is 3.93. The number of rotatable bonds is 13. The lowest BCUT2D eigenvalue weighted by Gasteiger charge is -2.41. The molecular formula is C44H51N7O6S. The number of nitroso groups, excluding NO2 is 1. The third-order valence-corrected chi connectivity index (χ3v) is 13.2. The number of nitrogens with zero attached hydrogens (tertiary/aromatic N) is 5. The van der Waals surface area contributed by atoms with Crippen LogP contribution in [0.1, 0.15) is 97.1 Å². The third-order valence-electron chi connectivity index (χ3n) is 12.0. The molecule has 2 aromatic carbocycles. The lowest BCUT2D eigenvalue weighted by atomic mass is 9.90. The molecule has 4 aromatic rings. The second kappa shape index (κ2) is 17.4. The van der Waals surface area contributed by atoms with E-state index in [0.717, 1.165) is 74.7 Å². The summed E-state index contributed by atoms with van der Waals surface area (Å²) in [6.07, 6.45) is 13.7. The van der Waals surface area contributed by atoms with Gasteiger partial charge in [-0.15, -0.1) is 4.91 Å². The van der Waals surface area contributed by atoms with Crippen molar-refractivity contribution in [3.05, 3.63) is 106 Å². The molecule has 0 radical (unpaired) electrons. The standard InChI is InChI=1S/C44H51N7O6S/c1-29(2)35-8-3-4-9-36(35)41-11-6-18-51(41)32-14-19-50(20-15-32)33-12-13-37(42(24-33)57-34-23-31-7-5-10-38(31)46-27-34)44(52)49-58(54,55)43-25-39(48-53)40(28-47-43)45-26-30-16-21-56-22-17-30/h3-5,7-9,12-13,23-25,27-30,32,41,45H,6,10-11,14-22,26H2,1-2H3,(H,49,52). The normalized spacial score (nSPS) is 19.0. The zero-order valence-corrected chi connectivity index (χ0v) is 33.9. The summed E-state index contributed by atoms with van der Waals surface area (Å²) in [5, 5.41) is 5.71. The van der Waals surface area contributed by atoms with E-state index < -0.39 is 21.0 Å². The van der Waals surface area contributed by atoms with Gasteiger partial charge < -0.3 is 19.7 Å². The number of allylic oxidation sites excluding steroid dienone is 1. The van der Waals surface area contributed by atoms with E-state index in [1.54, 1.807) is 18.3 Å². The van der Waals surface area contributed by atoms with E-state index in [1.165, 1.54) is 30.2 Å². The number of aromatic nitrogens is 2. The number of carbonyl (C=O) groups excluding carboxylic acids is 1. The smallest absolute Gasteiger partial charge is 0.281 e. The molecule has 304 valence electrons. The molecule has 0 saturated carbocycles. The monoisotopic (exact) mass is 805 g/mol. The molecule has 2 N–H and O–H groups in total. The molecule has 13 nitrogen and oxygen atoms in total. The Hall–Kier alpha value is -5.18. The largest absolute Gasteiger partial charge is 0.455 e. The van der Waals surface area contributed by atoms with Crippen LogP contribution in [0.3, 0.4) is 0 Å². The van der Waals surface area contributed by atoms with Crippen LogP contribution < -0.4 is 19.7 Å². The topological polar surface area (TPSA) is 155 Å². The molecule has 0 bridgehead atoms. The lowest BCUT2D eigenvalue weighted by molar-refractivity contribution is 0.0699. The summed E-state index contributed by atoms with van der Waals surface area (Å²) in [4.78, 5) is 39.3. The highest BCUT2D eigenvalue weighted by atomic mass is 32.2. The zero-order chi connectivity index (χ0) is 40.2. The van der Waals surface area contributed by atoms with E-state index >= 15 is 0 Å². The summed E-state index contributed by atoms with van der Waals surface area (Å²) < 4.78 is 41.1. The molecule has 58 heavy (non-hydrogen) atoms. The summed E-state index contributed by atoms with van der Waals surface area (Å²) in [6.45, 7) is 9.18. The van der Waals surface area contributed by atoms with Crippen molar-refractivity contribution in [2.75, 3.05) is 49.6 Å². The number of carbonyl (C=O) groups is 1. The van der Waals surface area contributed by atoms with Crippen LogP contribution in [-0.4, -0.2) is 74.6 Å². The Balaban J connectivity index is 0.998. The van der Waals surface area contributed by atoms with Gasteiger partial charge in [-0.3, -0.25) is 14.7 Å². The van der Waals surface area contributed by atoms with Gasteiger partial charge in [-0.25, -0.2) is 9.71 Å². The van der Waals surface area contributed by atoms with Crippen molar-refractivity contribution in [3.63, 3.8) is 0 Å². The van der Waals surface area contributed by atoms with Gasteiger partial charge in [-0.05, 0) is 97.0 Å². The predicted octanol–water partition coefficient (Wildman–Crippen LogP) is 8.12. The molecule has 8 rings (SSSR count). The number of piperidine rings is 1. The quantitative estimate of drug-likeness (QED) is 0.126. The van der Waals surface area contributed by atoms with E-state index in [9.17, 15) is 18.1 Å². The van der Waals surface area contributed by atoms with Crippen LogP contribution in [0.2, 0.25) is 0 Å². The number of sulfonamides is 1. The fourth-order valence-electron chi connectivity index (χ4n) is 8.84. The number of likely N-dealkylation sites (tertiary alicyclic amines) is 1. The van der Waals surface area contributed by atoms with Crippen LogP contribution in [0, 0.1) is 10.8 Å². The minimum Gasteiger partial charge on any atom is -0.455 e. The summed E-state index contributed by atoms with van der Waals surface area (Å²) >= 11 is 0. The van der Waals surface area contributed by atoms with Crippen molar-refractivity contribution in [2.24, 2.45) is 11.1 Å².